The molecule has 1 aromatic heterocycles. The standard InChI is InChI=1S/C25H28ClFN4/c1-16-5-6-18(12-24(16)29-14-17-3-2-4-19(27)11-17)22-13-25(30-15-23(22)26)31-21-9-7-20(28)8-10-21/h2-6,11-13,15,20-21,29H,7-10,14,28H2,1H3,(H,30,31). The normalized spacial score (nSPS) is 18.6. The largest absolute Gasteiger partial charge is 0.381 e. The van der Waals surface area contributed by atoms with E-state index in [1.807, 2.05) is 19.1 Å². The molecular formula is C25H28ClFN4. The zero-order valence-corrected chi connectivity index (χ0v) is 18.4. The van der Waals surface area contributed by atoms with Crippen molar-refractivity contribution in [3.63, 3.8) is 0 Å². The summed E-state index contributed by atoms with van der Waals surface area (Å²) in [5, 5.41) is 7.57. The first-order valence-corrected chi connectivity index (χ1v) is 11.1. The van der Waals surface area contributed by atoms with Crippen molar-refractivity contribution in [1.29, 1.82) is 0 Å². The number of rotatable bonds is 6. The number of nitrogens with one attached hydrogen (secondary N) is 2. The third-order valence-corrected chi connectivity index (χ3v) is 6.20. The van der Waals surface area contributed by atoms with Gasteiger partial charge in [-0.05, 0) is 73.6 Å². The Labute approximate surface area is 188 Å². The highest BCUT2D eigenvalue weighted by atomic mass is 35.5. The Morgan fingerprint density at radius 2 is 1.90 bits per heavy atom. The van der Waals surface area contributed by atoms with E-state index in [-0.39, 0.29) is 5.82 Å². The fourth-order valence-corrected chi connectivity index (χ4v) is 4.25. The van der Waals surface area contributed by atoms with Crippen molar-refractivity contribution < 1.29 is 4.39 Å². The highest BCUT2D eigenvalue weighted by Gasteiger charge is 2.19. The van der Waals surface area contributed by atoms with Crippen LogP contribution in [0.4, 0.5) is 15.9 Å². The number of halogens is 2. The van der Waals surface area contributed by atoms with Gasteiger partial charge in [-0.2, -0.15) is 0 Å². The Balaban J connectivity index is 1.52. The molecule has 6 heteroatoms. The summed E-state index contributed by atoms with van der Waals surface area (Å²) in [6, 6.07) is 15.6. The number of benzene rings is 2. The molecule has 0 aliphatic heterocycles. The molecule has 162 valence electrons. The number of hydrogen-bond donors (Lipinski definition) is 3. The van der Waals surface area contributed by atoms with E-state index in [0.29, 0.717) is 23.7 Å². The summed E-state index contributed by atoms with van der Waals surface area (Å²) in [7, 11) is 0. The monoisotopic (exact) mass is 438 g/mol. The Bertz CT molecular complexity index is 1050. The smallest absolute Gasteiger partial charge is 0.126 e. The van der Waals surface area contributed by atoms with Crippen LogP contribution in [-0.2, 0) is 6.54 Å². The number of nitrogens with zero attached hydrogens (tertiary/aromatic N) is 1. The summed E-state index contributed by atoms with van der Waals surface area (Å²) in [5.74, 6) is 0.600. The number of aromatic nitrogens is 1. The van der Waals surface area contributed by atoms with E-state index in [2.05, 4.69) is 33.8 Å². The first-order chi connectivity index (χ1) is 15.0. The predicted octanol–water partition coefficient (Wildman–Crippen LogP) is 6.14. The highest BCUT2D eigenvalue weighted by molar-refractivity contribution is 6.33. The summed E-state index contributed by atoms with van der Waals surface area (Å²) in [5.41, 5.74) is 11.0. The Kier molecular flexibility index (Phi) is 6.73. The molecule has 0 saturated heterocycles. The molecule has 1 heterocycles. The molecule has 0 radical (unpaired) electrons. The second-order valence-electron chi connectivity index (χ2n) is 8.32. The van der Waals surface area contributed by atoms with Crippen LogP contribution in [0.5, 0.6) is 0 Å². The second kappa shape index (κ2) is 9.67. The molecule has 1 aliphatic carbocycles. The number of anilines is 2. The van der Waals surface area contributed by atoms with E-state index in [0.717, 1.165) is 59.4 Å². The Morgan fingerprint density at radius 1 is 1.10 bits per heavy atom. The first-order valence-electron chi connectivity index (χ1n) is 10.7. The second-order valence-corrected chi connectivity index (χ2v) is 8.73. The van der Waals surface area contributed by atoms with Crippen molar-refractivity contribution in [2.45, 2.75) is 51.2 Å². The van der Waals surface area contributed by atoms with Gasteiger partial charge in [0.1, 0.15) is 11.6 Å². The lowest BCUT2D eigenvalue weighted by Crippen LogP contribution is -2.33. The summed E-state index contributed by atoms with van der Waals surface area (Å²) in [4.78, 5) is 4.48. The Hall–Kier alpha value is -2.63. The zero-order valence-electron chi connectivity index (χ0n) is 17.7. The fraction of sp³-hybridized carbons (Fsp3) is 0.320. The minimum absolute atomic E-state index is 0.228. The van der Waals surface area contributed by atoms with Gasteiger partial charge in [-0.15, -0.1) is 0 Å². The molecule has 31 heavy (non-hydrogen) atoms. The average Bonchev–Trinajstić information content (AvgIpc) is 2.76. The molecule has 4 N–H and O–H groups in total. The van der Waals surface area contributed by atoms with Crippen LogP contribution in [0, 0.1) is 12.7 Å². The van der Waals surface area contributed by atoms with Crippen molar-refractivity contribution in [1.82, 2.24) is 4.98 Å². The van der Waals surface area contributed by atoms with Gasteiger partial charge in [-0.3, -0.25) is 0 Å². The summed E-state index contributed by atoms with van der Waals surface area (Å²) >= 11 is 6.51. The van der Waals surface area contributed by atoms with E-state index in [1.54, 1.807) is 18.3 Å². The van der Waals surface area contributed by atoms with Gasteiger partial charge in [0.05, 0.1) is 5.02 Å². The van der Waals surface area contributed by atoms with Crippen molar-refractivity contribution in [2.24, 2.45) is 5.73 Å². The lowest BCUT2D eigenvalue weighted by molar-refractivity contribution is 0.410. The van der Waals surface area contributed by atoms with Crippen LogP contribution in [-0.4, -0.2) is 17.1 Å². The maximum atomic E-state index is 13.5. The van der Waals surface area contributed by atoms with Crippen molar-refractivity contribution >= 4 is 23.1 Å². The van der Waals surface area contributed by atoms with E-state index >= 15 is 0 Å². The minimum Gasteiger partial charge on any atom is -0.381 e. The highest BCUT2D eigenvalue weighted by Crippen LogP contribution is 2.33. The van der Waals surface area contributed by atoms with Crippen LogP contribution in [0.15, 0.2) is 54.7 Å². The van der Waals surface area contributed by atoms with Crippen LogP contribution in [0.2, 0.25) is 5.02 Å². The molecule has 3 aromatic rings. The van der Waals surface area contributed by atoms with Crippen LogP contribution in [0.3, 0.4) is 0 Å². The molecule has 4 nitrogen and oxygen atoms in total. The molecule has 4 rings (SSSR count). The topological polar surface area (TPSA) is 63.0 Å². The maximum absolute atomic E-state index is 13.5. The quantitative estimate of drug-likeness (QED) is 0.432. The first kappa shape index (κ1) is 21.6. The SMILES string of the molecule is Cc1ccc(-c2cc(NC3CCC(N)CC3)ncc2Cl)cc1NCc1cccc(F)c1. The molecule has 1 aliphatic rings. The summed E-state index contributed by atoms with van der Waals surface area (Å²) < 4.78 is 13.5. The predicted molar refractivity (Wildman–Crippen MR) is 127 cm³/mol. The number of hydrogen-bond acceptors (Lipinski definition) is 4. The molecule has 0 bridgehead atoms. The van der Waals surface area contributed by atoms with Gasteiger partial charge in [-0.1, -0.05) is 35.9 Å². The van der Waals surface area contributed by atoms with Crippen molar-refractivity contribution in [3.05, 3.63) is 76.7 Å². The van der Waals surface area contributed by atoms with Gasteiger partial charge in [0.15, 0.2) is 0 Å². The molecule has 1 saturated carbocycles. The minimum atomic E-state index is -0.228. The molecule has 2 aromatic carbocycles. The molecule has 0 amide bonds. The number of aryl methyl sites for hydroxylation is 1. The molecule has 0 spiro atoms. The van der Waals surface area contributed by atoms with E-state index in [1.165, 1.54) is 6.07 Å². The zero-order chi connectivity index (χ0) is 21.8. The Morgan fingerprint density at radius 3 is 2.68 bits per heavy atom. The van der Waals surface area contributed by atoms with E-state index < -0.39 is 0 Å². The summed E-state index contributed by atoms with van der Waals surface area (Å²) in [6.07, 6.45) is 5.89. The maximum Gasteiger partial charge on any atom is 0.126 e. The van der Waals surface area contributed by atoms with Crippen molar-refractivity contribution in [3.8, 4) is 11.1 Å². The van der Waals surface area contributed by atoms with Gasteiger partial charge < -0.3 is 16.4 Å². The molecule has 1 fully saturated rings. The fourth-order valence-electron chi connectivity index (χ4n) is 4.04. The molecular weight excluding hydrogens is 411 g/mol. The van der Waals surface area contributed by atoms with Crippen molar-refractivity contribution in [2.75, 3.05) is 10.6 Å². The molecule has 0 atom stereocenters. The van der Waals surface area contributed by atoms with Crippen LogP contribution < -0.4 is 16.4 Å². The lowest BCUT2D eigenvalue weighted by atomic mass is 9.92. The van der Waals surface area contributed by atoms with Gasteiger partial charge in [-0.25, -0.2) is 9.37 Å². The van der Waals surface area contributed by atoms with Crippen LogP contribution >= 0.6 is 11.6 Å². The molecule has 0 unspecified atom stereocenters. The van der Waals surface area contributed by atoms with Crippen LogP contribution in [0.1, 0.15) is 36.8 Å². The summed E-state index contributed by atoms with van der Waals surface area (Å²) in [6.45, 7) is 2.59. The van der Waals surface area contributed by atoms with Gasteiger partial charge in [0, 0.05) is 36.1 Å². The third-order valence-electron chi connectivity index (χ3n) is 5.90. The number of pyridine rings is 1. The average molecular weight is 439 g/mol. The van der Waals surface area contributed by atoms with E-state index in [4.69, 9.17) is 17.3 Å². The third kappa shape index (κ3) is 5.54. The van der Waals surface area contributed by atoms with E-state index in [9.17, 15) is 4.39 Å². The van der Waals surface area contributed by atoms with Crippen LogP contribution in [0.25, 0.3) is 11.1 Å². The lowest BCUT2D eigenvalue weighted by Gasteiger charge is -2.27. The number of nitrogens with two attached hydrogens (primary N) is 1. The van der Waals surface area contributed by atoms with Gasteiger partial charge in [0.25, 0.3) is 0 Å². The van der Waals surface area contributed by atoms with Gasteiger partial charge >= 0.3 is 0 Å². The van der Waals surface area contributed by atoms with Gasteiger partial charge in [0.2, 0.25) is 0 Å².